The Labute approximate surface area is 176 Å². The van der Waals surface area contributed by atoms with E-state index in [1.54, 1.807) is 6.20 Å². The highest BCUT2D eigenvalue weighted by molar-refractivity contribution is 6.30. The fraction of sp³-hybridized carbons (Fsp3) is 0.292. The number of carbonyl (C=O) groups excluding carboxylic acids is 1. The molecule has 148 valence electrons. The molecular formula is C24H24ClN3O. The van der Waals surface area contributed by atoms with E-state index in [2.05, 4.69) is 23.2 Å². The summed E-state index contributed by atoms with van der Waals surface area (Å²) in [6, 6.07) is 19.8. The Hall–Kier alpha value is -2.72. The topological polar surface area (TPSA) is 46.1 Å². The van der Waals surface area contributed by atoms with Crippen molar-refractivity contribution in [2.75, 3.05) is 13.1 Å². The van der Waals surface area contributed by atoms with Crippen LogP contribution in [0.2, 0.25) is 5.02 Å². The predicted octanol–water partition coefficient (Wildman–Crippen LogP) is 4.67. The highest BCUT2D eigenvalue weighted by Gasteiger charge is 2.25. The molecule has 4 nitrogen and oxygen atoms in total. The fourth-order valence-electron chi connectivity index (χ4n) is 3.85. The van der Waals surface area contributed by atoms with E-state index in [-0.39, 0.29) is 11.8 Å². The van der Waals surface area contributed by atoms with Crippen molar-refractivity contribution in [1.29, 1.82) is 0 Å². The van der Waals surface area contributed by atoms with Crippen LogP contribution in [0.4, 0.5) is 0 Å². The van der Waals surface area contributed by atoms with Crippen LogP contribution in [0.3, 0.4) is 0 Å². The number of nitrogens with zero attached hydrogens (tertiary/aromatic N) is 3. The number of hydrogen-bond acceptors (Lipinski definition) is 3. The van der Waals surface area contributed by atoms with Gasteiger partial charge in [0.2, 0.25) is 5.91 Å². The van der Waals surface area contributed by atoms with Crippen LogP contribution < -0.4 is 0 Å². The lowest BCUT2D eigenvalue weighted by molar-refractivity contribution is -0.131. The molecule has 2 aromatic heterocycles. The summed E-state index contributed by atoms with van der Waals surface area (Å²) >= 11 is 5.98. The summed E-state index contributed by atoms with van der Waals surface area (Å²) in [6.45, 7) is 1.54. The molecule has 29 heavy (non-hydrogen) atoms. The number of halogens is 1. The van der Waals surface area contributed by atoms with Gasteiger partial charge < -0.3 is 4.90 Å². The van der Waals surface area contributed by atoms with Crippen LogP contribution in [-0.2, 0) is 17.6 Å². The average Bonchev–Trinajstić information content (AvgIpc) is 2.76. The summed E-state index contributed by atoms with van der Waals surface area (Å²) in [7, 11) is 0. The lowest BCUT2D eigenvalue weighted by atomic mass is 9.93. The van der Waals surface area contributed by atoms with Gasteiger partial charge in [-0.05, 0) is 54.8 Å². The SMILES string of the molecule is O=C(Cc1ccccn1)N1CCC[C@H](c2cccc(Cc3ccc(Cl)cc3)n2)C1. The molecule has 1 aromatic carbocycles. The van der Waals surface area contributed by atoms with Gasteiger partial charge in [-0.2, -0.15) is 0 Å². The number of carbonyl (C=O) groups is 1. The monoisotopic (exact) mass is 405 g/mol. The van der Waals surface area contributed by atoms with Crippen molar-refractivity contribution < 1.29 is 4.79 Å². The molecule has 5 heteroatoms. The van der Waals surface area contributed by atoms with Crippen LogP contribution in [-0.4, -0.2) is 33.9 Å². The number of hydrogen-bond donors (Lipinski definition) is 0. The van der Waals surface area contributed by atoms with E-state index < -0.39 is 0 Å². The zero-order valence-electron chi connectivity index (χ0n) is 16.3. The second-order valence-corrected chi connectivity index (χ2v) is 7.97. The largest absolute Gasteiger partial charge is 0.342 e. The number of piperidine rings is 1. The van der Waals surface area contributed by atoms with E-state index in [1.165, 1.54) is 5.56 Å². The molecule has 4 rings (SSSR count). The molecule has 1 saturated heterocycles. The molecule has 0 bridgehead atoms. The van der Waals surface area contributed by atoms with Gasteiger partial charge in [0, 0.05) is 53.7 Å². The quantitative estimate of drug-likeness (QED) is 0.619. The molecule has 1 aliphatic heterocycles. The smallest absolute Gasteiger partial charge is 0.228 e. The number of aromatic nitrogens is 2. The van der Waals surface area contributed by atoms with Crippen molar-refractivity contribution >= 4 is 17.5 Å². The molecule has 0 saturated carbocycles. The van der Waals surface area contributed by atoms with Gasteiger partial charge in [-0.15, -0.1) is 0 Å². The van der Waals surface area contributed by atoms with Crippen molar-refractivity contribution in [3.8, 4) is 0 Å². The van der Waals surface area contributed by atoms with E-state index in [4.69, 9.17) is 16.6 Å². The van der Waals surface area contributed by atoms with Crippen molar-refractivity contribution in [2.45, 2.75) is 31.6 Å². The third kappa shape index (κ3) is 5.21. The van der Waals surface area contributed by atoms with E-state index in [0.717, 1.165) is 54.5 Å². The normalized spacial score (nSPS) is 16.6. The molecule has 0 N–H and O–H groups in total. The molecule has 1 aliphatic rings. The summed E-state index contributed by atoms with van der Waals surface area (Å²) in [5.74, 6) is 0.423. The third-order valence-electron chi connectivity index (χ3n) is 5.38. The summed E-state index contributed by atoms with van der Waals surface area (Å²) in [6.07, 6.45) is 4.93. The maximum atomic E-state index is 12.7. The van der Waals surface area contributed by atoms with Gasteiger partial charge in [0.1, 0.15) is 0 Å². The Bertz CT molecular complexity index is 959. The van der Waals surface area contributed by atoms with Crippen LogP contribution in [0.15, 0.2) is 66.9 Å². The van der Waals surface area contributed by atoms with Crippen LogP contribution in [0.25, 0.3) is 0 Å². The van der Waals surface area contributed by atoms with Gasteiger partial charge in [0.25, 0.3) is 0 Å². The highest BCUT2D eigenvalue weighted by atomic mass is 35.5. The van der Waals surface area contributed by atoms with Gasteiger partial charge >= 0.3 is 0 Å². The van der Waals surface area contributed by atoms with Gasteiger partial charge in [-0.25, -0.2) is 0 Å². The minimum Gasteiger partial charge on any atom is -0.342 e. The number of likely N-dealkylation sites (tertiary alicyclic amines) is 1. The second-order valence-electron chi connectivity index (χ2n) is 7.53. The zero-order chi connectivity index (χ0) is 20.1. The van der Waals surface area contributed by atoms with Gasteiger partial charge in [-0.3, -0.25) is 14.8 Å². The lowest BCUT2D eigenvalue weighted by Crippen LogP contribution is -2.40. The zero-order valence-corrected chi connectivity index (χ0v) is 17.1. The lowest BCUT2D eigenvalue weighted by Gasteiger charge is -2.32. The minimum absolute atomic E-state index is 0.144. The van der Waals surface area contributed by atoms with E-state index in [0.29, 0.717) is 6.42 Å². The standard InChI is InChI=1S/C24H24ClN3O/c25-20-11-9-18(10-12-20)15-22-7-3-8-23(27-22)19-5-4-14-28(17-19)24(29)16-21-6-1-2-13-26-21/h1-3,6-13,19H,4-5,14-17H2/t19-/m0/s1. The number of rotatable bonds is 5. The minimum atomic E-state index is 0.144. The molecular weight excluding hydrogens is 382 g/mol. The maximum absolute atomic E-state index is 12.7. The molecule has 0 aliphatic carbocycles. The predicted molar refractivity (Wildman–Crippen MR) is 115 cm³/mol. The van der Waals surface area contributed by atoms with E-state index >= 15 is 0 Å². The summed E-state index contributed by atoms with van der Waals surface area (Å²) in [4.78, 5) is 23.9. The first-order chi connectivity index (χ1) is 14.2. The number of amides is 1. The van der Waals surface area contributed by atoms with Crippen molar-refractivity contribution in [1.82, 2.24) is 14.9 Å². The van der Waals surface area contributed by atoms with Crippen molar-refractivity contribution in [2.24, 2.45) is 0 Å². The Morgan fingerprint density at radius 3 is 2.66 bits per heavy atom. The van der Waals surface area contributed by atoms with E-state index in [1.807, 2.05) is 47.4 Å². The first kappa shape index (κ1) is 19.6. The first-order valence-corrected chi connectivity index (χ1v) is 10.4. The van der Waals surface area contributed by atoms with Gasteiger partial charge in [0.15, 0.2) is 0 Å². The highest BCUT2D eigenvalue weighted by Crippen LogP contribution is 2.26. The van der Waals surface area contributed by atoms with Crippen LogP contribution in [0.5, 0.6) is 0 Å². The molecule has 3 aromatic rings. The fourth-order valence-corrected chi connectivity index (χ4v) is 3.98. The van der Waals surface area contributed by atoms with Crippen LogP contribution >= 0.6 is 11.6 Å². The summed E-state index contributed by atoms with van der Waals surface area (Å²) in [5.41, 5.74) is 4.13. The number of pyridine rings is 2. The van der Waals surface area contributed by atoms with Gasteiger partial charge in [-0.1, -0.05) is 35.9 Å². The first-order valence-electron chi connectivity index (χ1n) is 10.1. The molecule has 3 heterocycles. The summed E-state index contributed by atoms with van der Waals surface area (Å²) in [5, 5.41) is 0.744. The van der Waals surface area contributed by atoms with Crippen LogP contribution in [0.1, 0.15) is 41.4 Å². The Kier molecular flexibility index (Phi) is 6.20. The molecule has 1 amide bonds. The second kappa shape index (κ2) is 9.19. The Morgan fingerprint density at radius 2 is 1.86 bits per heavy atom. The molecule has 1 atom stereocenters. The maximum Gasteiger partial charge on any atom is 0.228 e. The van der Waals surface area contributed by atoms with E-state index in [9.17, 15) is 4.79 Å². The Balaban J connectivity index is 1.42. The van der Waals surface area contributed by atoms with Crippen LogP contribution in [0, 0.1) is 0 Å². The Morgan fingerprint density at radius 1 is 1.03 bits per heavy atom. The molecule has 0 radical (unpaired) electrons. The molecule has 0 unspecified atom stereocenters. The molecule has 1 fully saturated rings. The summed E-state index contributed by atoms with van der Waals surface area (Å²) < 4.78 is 0. The number of benzene rings is 1. The molecule has 0 spiro atoms. The van der Waals surface area contributed by atoms with Gasteiger partial charge in [0.05, 0.1) is 6.42 Å². The van der Waals surface area contributed by atoms with Crippen molar-refractivity contribution in [3.63, 3.8) is 0 Å². The third-order valence-corrected chi connectivity index (χ3v) is 5.63. The average molecular weight is 406 g/mol. The van der Waals surface area contributed by atoms with Crippen molar-refractivity contribution in [3.05, 3.63) is 94.5 Å².